The number of nitrogens with zero attached hydrogens (tertiary/aromatic N) is 3. The monoisotopic (exact) mass is 321 g/mol. The molecule has 1 aromatic heterocycles. The van der Waals surface area contributed by atoms with Gasteiger partial charge in [-0.15, -0.1) is 0 Å². The van der Waals surface area contributed by atoms with Crippen molar-refractivity contribution in [2.24, 2.45) is 24.8 Å². The molecule has 5 rings (SSSR count). The van der Waals surface area contributed by atoms with Crippen molar-refractivity contribution in [1.82, 2.24) is 14.7 Å². The van der Waals surface area contributed by atoms with Crippen LogP contribution in [-0.2, 0) is 7.05 Å². The van der Waals surface area contributed by atoms with Crippen LogP contribution in [0.4, 0.5) is 0 Å². The Morgan fingerprint density at radius 2 is 1.73 bits per heavy atom. The van der Waals surface area contributed by atoms with Gasteiger partial charge in [-0.2, -0.15) is 5.10 Å². The van der Waals surface area contributed by atoms with Crippen molar-refractivity contribution < 1.29 is 4.79 Å². The molecule has 0 aliphatic heterocycles. The molecule has 1 aromatic rings. The lowest BCUT2D eigenvalue weighted by Crippen LogP contribution is -2.60. The number of halogens is 1. The molecule has 4 nitrogen and oxygen atoms in total. The molecule has 22 heavy (non-hydrogen) atoms. The first-order chi connectivity index (χ1) is 10.4. The van der Waals surface area contributed by atoms with Crippen LogP contribution in [0.5, 0.6) is 0 Å². The summed E-state index contributed by atoms with van der Waals surface area (Å²) in [4.78, 5) is 15.0. The third kappa shape index (κ3) is 1.96. The van der Waals surface area contributed by atoms with E-state index in [0.29, 0.717) is 10.7 Å². The summed E-state index contributed by atoms with van der Waals surface area (Å²) in [5.74, 6) is 2.46. The minimum absolute atomic E-state index is 0.00403. The highest BCUT2D eigenvalue weighted by molar-refractivity contribution is 6.34. The molecular weight excluding hydrogens is 298 g/mol. The predicted molar refractivity (Wildman–Crippen MR) is 86.0 cm³/mol. The summed E-state index contributed by atoms with van der Waals surface area (Å²) in [6.45, 7) is 1.90. The van der Waals surface area contributed by atoms with E-state index in [0.717, 1.165) is 23.4 Å². The Labute approximate surface area is 136 Å². The van der Waals surface area contributed by atoms with Crippen molar-refractivity contribution in [3.8, 4) is 0 Å². The zero-order valence-electron chi connectivity index (χ0n) is 13.6. The van der Waals surface area contributed by atoms with Crippen LogP contribution in [0.15, 0.2) is 0 Å². The van der Waals surface area contributed by atoms with E-state index in [1.165, 1.54) is 38.5 Å². The molecule has 4 aliphatic carbocycles. The fraction of sp³-hybridized carbons (Fsp3) is 0.765. The second-order valence-corrected chi connectivity index (χ2v) is 8.26. The first kappa shape index (κ1) is 14.6. The van der Waals surface area contributed by atoms with Crippen molar-refractivity contribution in [2.75, 3.05) is 7.05 Å². The van der Waals surface area contributed by atoms with Crippen LogP contribution in [0.2, 0.25) is 5.02 Å². The van der Waals surface area contributed by atoms with Gasteiger partial charge in [0.2, 0.25) is 0 Å². The fourth-order valence-corrected chi connectivity index (χ4v) is 5.81. The number of hydrogen-bond donors (Lipinski definition) is 0. The third-order valence-corrected chi connectivity index (χ3v) is 6.94. The molecule has 4 aliphatic rings. The summed E-state index contributed by atoms with van der Waals surface area (Å²) in [5, 5.41) is 4.86. The smallest absolute Gasteiger partial charge is 0.276 e. The summed E-state index contributed by atoms with van der Waals surface area (Å²) >= 11 is 6.33. The molecule has 0 spiro atoms. The van der Waals surface area contributed by atoms with Crippen LogP contribution in [0, 0.1) is 24.7 Å². The summed E-state index contributed by atoms with van der Waals surface area (Å²) in [6, 6.07) is 0. The van der Waals surface area contributed by atoms with E-state index in [1.54, 1.807) is 4.68 Å². The number of hydrogen-bond acceptors (Lipinski definition) is 2. The molecular formula is C17H24ClN3O. The lowest BCUT2D eigenvalue weighted by Gasteiger charge is -2.59. The lowest BCUT2D eigenvalue weighted by atomic mass is 9.52. The normalized spacial score (nSPS) is 35.9. The highest BCUT2D eigenvalue weighted by atomic mass is 35.5. The van der Waals surface area contributed by atoms with E-state index >= 15 is 0 Å². The highest BCUT2D eigenvalue weighted by Gasteiger charge is 2.54. The molecule has 0 N–H and O–H groups in total. The van der Waals surface area contributed by atoms with Gasteiger partial charge in [-0.3, -0.25) is 9.48 Å². The molecule has 1 amide bonds. The first-order valence-corrected chi connectivity index (χ1v) is 8.74. The molecule has 4 bridgehead atoms. The Hall–Kier alpha value is -1.03. The van der Waals surface area contributed by atoms with E-state index < -0.39 is 0 Å². The summed E-state index contributed by atoms with van der Waals surface area (Å²) in [5.41, 5.74) is 1.32. The Kier molecular flexibility index (Phi) is 3.13. The van der Waals surface area contributed by atoms with Crippen molar-refractivity contribution >= 4 is 17.5 Å². The Balaban J connectivity index is 1.65. The molecule has 1 heterocycles. The second kappa shape index (κ2) is 4.73. The average molecular weight is 322 g/mol. The molecule has 0 unspecified atom stereocenters. The number of carbonyl (C=O) groups is 1. The van der Waals surface area contributed by atoms with E-state index in [1.807, 2.05) is 25.9 Å². The minimum Gasteiger partial charge on any atom is -0.335 e. The van der Waals surface area contributed by atoms with E-state index in [2.05, 4.69) is 5.10 Å². The van der Waals surface area contributed by atoms with Gasteiger partial charge in [0.15, 0.2) is 5.69 Å². The van der Waals surface area contributed by atoms with Crippen LogP contribution in [-0.4, -0.2) is 33.2 Å². The van der Waals surface area contributed by atoms with Crippen LogP contribution < -0.4 is 0 Å². The molecule has 4 fully saturated rings. The minimum atomic E-state index is -0.00403. The maximum Gasteiger partial charge on any atom is 0.276 e. The second-order valence-electron chi connectivity index (χ2n) is 7.88. The van der Waals surface area contributed by atoms with Gasteiger partial charge in [0.05, 0.1) is 10.7 Å². The fourth-order valence-electron chi connectivity index (χ4n) is 5.57. The van der Waals surface area contributed by atoms with Gasteiger partial charge in [0.25, 0.3) is 5.91 Å². The summed E-state index contributed by atoms with van der Waals surface area (Å²) < 4.78 is 1.70. The molecule has 0 radical (unpaired) electrons. The molecule has 4 saturated carbocycles. The van der Waals surface area contributed by atoms with Crippen LogP contribution >= 0.6 is 11.6 Å². The summed E-state index contributed by atoms with van der Waals surface area (Å²) in [7, 11) is 3.80. The van der Waals surface area contributed by atoms with Gasteiger partial charge in [0, 0.05) is 19.6 Å². The topological polar surface area (TPSA) is 38.1 Å². The van der Waals surface area contributed by atoms with E-state index in [9.17, 15) is 4.79 Å². The number of carbonyl (C=O) groups excluding carboxylic acids is 1. The molecule has 0 atom stereocenters. The maximum absolute atomic E-state index is 13.0. The highest BCUT2D eigenvalue weighted by Crippen LogP contribution is 2.57. The van der Waals surface area contributed by atoms with Crippen molar-refractivity contribution in [3.63, 3.8) is 0 Å². The van der Waals surface area contributed by atoms with Gasteiger partial charge in [-0.05, 0) is 63.2 Å². The summed E-state index contributed by atoms with van der Waals surface area (Å²) in [6.07, 6.45) is 7.65. The standard InChI is InChI=1S/C17H24ClN3O/c1-10-14(18)15(19-21(10)3)16(22)20(2)17-7-11-4-12(8-17)6-13(5-11)9-17/h11-13H,4-9H2,1-3H3. The van der Waals surface area contributed by atoms with Gasteiger partial charge < -0.3 is 4.90 Å². The SMILES string of the molecule is Cc1c(Cl)c(C(=O)N(C)C23CC4CC(CC(C4)C2)C3)nn1C. The molecule has 5 heteroatoms. The number of amides is 1. The third-order valence-electron chi connectivity index (χ3n) is 6.49. The quantitative estimate of drug-likeness (QED) is 0.837. The number of aryl methyl sites for hydroxylation is 1. The Morgan fingerprint density at radius 3 is 2.14 bits per heavy atom. The molecule has 0 saturated heterocycles. The Morgan fingerprint density at radius 1 is 1.23 bits per heavy atom. The zero-order valence-corrected chi connectivity index (χ0v) is 14.4. The van der Waals surface area contributed by atoms with Crippen LogP contribution in [0.3, 0.4) is 0 Å². The van der Waals surface area contributed by atoms with Gasteiger partial charge in [0.1, 0.15) is 0 Å². The van der Waals surface area contributed by atoms with Gasteiger partial charge in [-0.25, -0.2) is 0 Å². The average Bonchev–Trinajstić information content (AvgIpc) is 2.72. The number of rotatable bonds is 2. The predicted octanol–water partition coefficient (Wildman–Crippen LogP) is 3.42. The van der Waals surface area contributed by atoms with Crippen LogP contribution in [0.1, 0.15) is 54.7 Å². The molecule has 0 aromatic carbocycles. The van der Waals surface area contributed by atoms with E-state index in [4.69, 9.17) is 11.6 Å². The van der Waals surface area contributed by atoms with Crippen molar-refractivity contribution in [2.45, 2.75) is 51.0 Å². The molecule has 120 valence electrons. The largest absolute Gasteiger partial charge is 0.335 e. The van der Waals surface area contributed by atoms with Gasteiger partial charge in [-0.1, -0.05) is 11.6 Å². The maximum atomic E-state index is 13.0. The van der Waals surface area contributed by atoms with Crippen molar-refractivity contribution in [1.29, 1.82) is 0 Å². The zero-order chi connectivity index (χ0) is 15.6. The Bertz CT molecular complexity index is 601. The van der Waals surface area contributed by atoms with Crippen LogP contribution in [0.25, 0.3) is 0 Å². The first-order valence-electron chi connectivity index (χ1n) is 8.37. The van der Waals surface area contributed by atoms with E-state index in [-0.39, 0.29) is 11.4 Å². The van der Waals surface area contributed by atoms with Gasteiger partial charge >= 0.3 is 0 Å². The number of aromatic nitrogens is 2. The van der Waals surface area contributed by atoms with Crippen molar-refractivity contribution in [3.05, 3.63) is 16.4 Å². The lowest BCUT2D eigenvalue weighted by molar-refractivity contribution is -0.0667.